The Labute approximate surface area is 107 Å². The van der Waals surface area contributed by atoms with Crippen LogP contribution in [0.4, 0.5) is 0 Å². The molecule has 0 unspecified atom stereocenters. The first-order valence-corrected chi connectivity index (χ1v) is 6.52. The number of amides is 1. The van der Waals surface area contributed by atoms with E-state index < -0.39 is 5.91 Å². The van der Waals surface area contributed by atoms with Gasteiger partial charge in [-0.05, 0) is 55.4 Å². The minimum absolute atomic E-state index is 0.0275. The van der Waals surface area contributed by atoms with Crippen molar-refractivity contribution in [1.29, 1.82) is 0 Å². The number of nitrogens with two attached hydrogens (primary N) is 1. The van der Waals surface area contributed by atoms with Gasteiger partial charge in [0.2, 0.25) is 5.91 Å². The Bertz CT molecular complexity index is 492. The van der Waals surface area contributed by atoms with Gasteiger partial charge < -0.3 is 5.73 Å². The molecule has 1 aromatic carbocycles. The van der Waals surface area contributed by atoms with Gasteiger partial charge in [0.15, 0.2) is 5.78 Å². The molecule has 1 aromatic rings. The molecule has 2 N–H and O–H groups in total. The van der Waals surface area contributed by atoms with Gasteiger partial charge in [0.1, 0.15) is 0 Å². The quantitative estimate of drug-likeness (QED) is 0.827. The highest BCUT2D eigenvalue weighted by Gasteiger charge is 2.16. The first-order valence-electron chi connectivity index (χ1n) is 6.52. The molecule has 0 heterocycles. The van der Waals surface area contributed by atoms with Gasteiger partial charge in [-0.3, -0.25) is 9.59 Å². The zero-order valence-electron chi connectivity index (χ0n) is 10.8. The summed E-state index contributed by atoms with van der Waals surface area (Å²) >= 11 is 0. The fourth-order valence-corrected chi connectivity index (χ4v) is 2.58. The topological polar surface area (TPSA) is 60.2 Å². The van der Waals surface area contributed by atoms with Crippen LogP contribution in [0.2, 0.25) is 0 Å². The lowest BCUT2D eigenvalue weighted by molar-refractivity contribution is -0.118. The van der Waals surface area contributed by atoms with E-state index in [-0.39, 0.29) is 18.6 Å². The average molecular weight is 245 g/mol. The second-order valence-electron chi connectivity index (χ2n) is 5.03. The third-order valence-corrected chi connectivity index (χ3v) is 3.59. The molecule has 0 radical (unpaired) electrons. The summed E-state index contributed by atoms with van der Waals surface area (Å²) < 4.78 is 0. The van der Waals surface area contributed by atoms with E-state index in [1.54, 1.807) is 0 Å². The number of aryl methyl sites for hydroxylation is 3. The highest BCUT2D eigenvalue weighted by molar-refractivity contribution is 5.99. The summed E-state index contributed by atoms with van der Waals surface area (Å²) in [5, 5.41) is 0. The largest absolute Gasteiger partial charge is 0.370 e. The third-order valence-electron chi connectivity index (χ3n) is 3.59. The molecule has 0 fully saturated rings. The van der Waals surface area contributed by atoms with Gasteiger partial charge >= 0.3 is 0 Å². The van der Waals surface area contributed by atoms with Crippen LogP contribution in [-0.2, 0) is 17.6 Å². The van der Waals surface area contributed by atoms with Crippen molar-refractivity contribution in [1.82, 2.24) is 0 Å². The van der Waals surface area contributed by atoms with E-state index in [0.717, 1.165) is 24.0 Å². The van der Waals surface area contributed by atoms with Crippen LogP contribution in [0.1, 0.15) is 52.7 Å². The van der Waals surface area contributed by atoms with Gasteiger partial charge in [0.25, 0.3) is 0 Å². The fourth-order valence-electron chi connectivity index (χ4n) is 2.58. The lowest BCUT2D eigenvalue weighted by Crippen LogP contribution is -2.14. The highest BCUT2D eigenvalue weighted by atomic mass is 16.1. The molecule has 1 aliphatic rings. The molecule has 1 aliphatic carbocycles. The summed E-state index contributed by atoms with van der Waals surface area (Å²) in [6.07, 6.45) is 4.97. The molecule has 0 bridgehead atoms. The number of ketones is 1. The minimum Gasteiger partial charge on any atom is -0.370 e. The first-order chi connectivity index (χ1) is 8.58. The molecule has 3 nitrogen and oxygen atoms in total. The second kappa shape index (κ2) is 5.34. The Morgan fingerprint density at radius 1 is 1.11 bits per heavy atom. The Hall–Kier alpha value is -1.64. The molecule has 0 saturated heterocycles. The lowest BCUT2D eigenvalue weighted by Gasteiger charge is -2.18. The van der Waals surface area contributed by atoms with Gasteiger partial charge in [0, 0.05) is 18.4 Å². The highest BCUT2D eigenvalue weighted by Crippen LogP contribution is 2.25. The van der Waals surface area contributed by atoms with E-state index in [2.05, 4.69) is 6.07 Å². The molecule has 0 spiro atoms. The summed E-state index contributed by atoms with van der Waals surface area (Å²) in [6.45, 7) is 1.96. The molecule has 96 valence electrons. The third kappa shape index (κ3) is 2.78. The number of rotatable bonds is 4. The van der Waals surface area contributed by atoms with E-state index in [1.807, 2.05) is 13.0 Å². The van der Waals surface area contributed by atoms with Gasteiger partial charge in [-0.1, -0.05) is 6.07 Å². The first kappa shape index (κ1) is 12.8. The van der Waals surface area contributed by atoms with Crippen molar-refractivity contribution >= 4 is 11.7 Å². The van der Waals surface area contributed by atoms with Crippen LogP contribution >= 0.6 is 0 Å². The van der Waals surface area contributed by atoms with Crippen LogP contribution in [0.25, 0.3) is 0 Å². The Balaban J connectivity index is 2.22. The van der Waals surface area contributed by atoms with E-state index in [0.29, 0.717) is 0 Å². The fraction of sp³-hybridized carbons (Fsp3) is 0.467. The Morgan fingerprint density at radius 2 is 1.72 bits per heavy atom. The zero-order chi connectivity index (χ0) is 13.1. The smallest absolute Gasteiger partial charge is 0.217 e. The summed E-state index contributed by atoms with van der Waals surface area (Å²) in [6, 6.07) is 4.15. The normalized spacial score (nSPS) is 14.1. The van der Waals surface area contributed by atoms with Gasteiger partial charge in [-0.2, -0.15) is 0 Å². The van der Waals surface area contributed by atoms with Crippen LogP contribution < -0.4 is 5.73 Å². The maximum atomic E-state index is 12.0. The standard InChI is InChI=1S/C15H19NO2/c1-10-8-11-4-2-3-5-12(11)9-13(10)14(17)6-7-15(16)18/h8-9H,2-7H2,1H3,(H2,16,18). The van der Waals surface area contributed by atoms with Crippen molar-refractivity contribution in [2.45, 2.75) is 45.4 Å². The lowest BCUT2D eigenvalue weighted by atomic mass is 9.87. The van der Waals surface area contributed by atoms with Crippen molar-refractivity contribution in [3.8, 4) is 0 Å². The molecule has 0 saturated carbocycles. The molecule has 0 atom stereocenters. The number of hydrogen-bond donors (Lipinski definition) is 1. The van der Waals surface area contributed by atoms with Crippen LogP contribution in [-0.4, -0.2) is 11.7 Å². The molecule has 3 heteroatoms. The average Bonchev–Trinajstić information content (AvgIpc) is 2.35. The van der Waals surface area contributed by atoms with E-state index >= 15 is 0 Å². The molecule has 0 aromatic heterocycles. The molecule has 1 amide bonds. The van der Waals surface area contributed by atoms with E-state index in [4.69, 9.17) is 5.73 Å². The summed E-state index contributed by atoms with van der Waals surface area (Å²) in [7, 11) is 0. The minimum atomic E-state index is -0.418. The number of hydrogen-bond acceptors (Lipinski definition) is 2. The summed E-state index contributed by atoms with van der Waals surface area (Å²) in [4.78, 5) is 22.8. The van der Waals surface area contributed by atoms with Crippen molar-refractivity contribution in [3.63, 3.8) is 0 Å². The van der Waals surface area contributed by atoms with Crippen LogP contribution in [0.15, 0.2) is 12.1 Å². The SMILES string of the molecule is Cc1cc2c(cc1C(=O)CCC(N)=O)CCCC2. The summed E-state index contributed by atoms with van der Waals surface area (Å²) in [5.74, 6) is -0.390. The van der Waals surface area contributed by atoms with Crippen LogP contribution in [0, 0.1) is 6.92 Å². The number of carbonyl (C=O) groups excluding carboxylic acids is 2. The Morgan fingerprint density at radius 3 is 2.33 bits per heavy atom. The van der Waals surface area contributed by atoms with Gasteiger partial charge in [-0.25, -0.2) is 0 Å². The molecular formula is C15H19NO2. The van der Waals surface area contributed by atoms with E-state index in [9.17, 15) is 9.59 Å². The van der Waals surface area contributed by atoms with Gasteiger partial charge in [-0.15, -0.1) is 0 Å². The predicted molar refractivity (Wildman–Crippen MR) is 70.6 cm³/mol. The van der Waals surface area contributed by atoms with E-state index in [1.165, 1.54) is 24.0 Å². The number of Topliss-reactive ketones (excluding diaryl/α,β-unsaturated/α-hetero) is 1. The Kier molecular flexibility index (Phi) is 3.80. The number of fused-ring (bicyclic) bond motifs is 1. The molecular weight excluding hydrogens is 226 g/mol. The van der Waals surface area contributed by atoms with Crippen LogP contribution in [0.3, 0.4) is 0 Å². The molecule has 0 aliphatic heterocycles. The van der Waals surface area contributed by atoms with Crippen molar-refractivity contribution in [2.24, 2.45) is 5.73 Å². The zero-order valence-corrected chi connectivity index (χ0v) is 10.8. The number of benzene rings is 1. The second-order valence-corrected chi connectivity index (χ2v) is 5.03. The van der Waals surface area contributed by atoms with Crippen LogP contribution in [0.5, 0.6) is 0 Å². The number of primary amides is 1. The maximum absolute atomic E-state index is 12.0. The van der Waals surface area contributed by atoms with Crippen molar-refractivity contribution < 1.29 is 9.59 Å². The van der Waals surface area contributed by atoms with Crippen molar-refractivity contribution in [2.75, 3.05) is 0 Å². The molecule has 18 heavy (non-hydrogen) atoms. The monoisotopic (exact) mass is 245 g/mol. The van der Waals surface area contributed by atoms with Crippen molar-refractivity contribution in [3.05, 3.63) is 34.4 Å². The van der Waals surface area contributed by atoms with Gasteiger partial charge in [0.05, 0.1) is 0 Å². The summed E-state index contributed by atoms with van der Waals surface area (Å²) in [5.41, 5.74) is 9.54. The predicted octanol–water partition coefficient (Wildman–Crippen LogP) is 2.32. The number of carbonyl (C=O) groups is 2. The molecule has 2 rings (SSSR count). The maximum Gasteiger partial charge on any atom is 0.217 e.